The Kier molecular flexibility index (Phi) is 3.62. The van der Waals surface area contributed by atoms with Crippen LogP contribution in [0.5, 0.6) is 0 Å². The molecule has 100 valence electrons. The molecule has 2 aromatic heterocycles. The molecule has 0 saturated heterocycles. The first kappa shape index (κ1) is 13.0. The first-order chi connectivity index (χ1) is 9.72. The third-order valence-corrected chi connectivity index (χ3v) is 4.61. The summed E-state index contributed by atoms with van der Waals surface area (Å²) in [5.74, 6) is -0.842. The topological polar surface area (TPSA) is 50.2 Å². The summed E-state index contributed by atoms with van der Waals surface area (Å²) in [5.41, 5.74) is 2.68. The third kappa shape index (κ3) is 2.79. The molecule has 20 heavy (non-hydrogen) atoms. The van der Waals surface area contributed by atoms with Crippen molar-refractivity contribution in [1.82, 2.24) is 4.98 Å². The molecule has 0 saturated carbocycles. The fourth-order valence-electron chi connectivity index (χ4n) is 1.92. The molecular weight excluding hydrogens is 290 g/mol. The Morgan fingerprint density at radius 1 is 1.30 bits per heavy atom. The third-order valence-electron chi connectivity index (χ3n) is 2.79. The average molecular weight is 301 g/mol. The number of carboxylic acids is 1. The van der Waals surface area contributed by atoms with Gasteiger partial charge in [-0.1, -0.05) is 12.1 Å². The van der Waals surface area contributed by atoms with Crippen molar-refractivity contribution in [3.05, 3.63) is 51.7 Å². The van der Waals surface area contributed by atoms with Gasteiger partial charge in [0.1, 0.15) is 5.01 Å². The standard InChI is InChI=1S/C15H11NO2S2/c17-14(18)8-11(7-10-5-6-19-9-10)15-16-12-3-1-2-4-13(12)20-15/h1-7,9H,8H2,(H,17,18)/b11-7+. The van der Waals surface area contributed by atoms with Gasteiger partial charge in [-0.2, -0.15) is 11.3 Å². The number of thiazole rings is 1. The lowest BCUT2D eigenvalue weighted by Crippen LogP contribution is -1.96. The minimum absolute atomic E-state index is 0.0182. The Hall–Kier alpha value is -1.98. The van der Waals surface area contributed by atoms with Crippen LogP contribution in [0, 0.1) is 0 Å². The second-order valence-corrected chi connectivity index (χ2v) is 6.09. The number of para-hydroxylation sites is 1. The fraction of sp³-hybridized carbons (Fsp3) is 0.0667. The summed E-state index contributed by atoms with van der Waals surface area (Å²) < 4.78 is 1.07. The first-order valence-corrected chi connectivity index (χ1v) is 7.79. The molecule has 3 aromatic rings. The Labute approximate surface area is 123 Å². The van der Waals surface area contributed by atoms with E-state index >= 15 is 0 Å². The van der Waals surface area contributed by atoms with Crippen LogP contribution in [0.2, 0.25) is 0 Å². The first-order valence-electron chi connectivity index (χ1n) is 6.03. The molecular formula is C15H11NO2S2. The molecule has 0 aliphatic heterocycles. The van der Waals surface area contributed by atoms with E-state index in [-0.39, 0.29) is 6.42 Å². The number of carboxylic acid groups (broad SMARTS) is 1. The van der Waals surface area contributed by atoms with Crippen LogP contribution in [0.1, 0.15) is 17.0 Å². The number of aromatic nitrogens is 1. The Morgan fingerprint density at radius 2 is 2.15 bits per heavy atom. The smallest absolute Gasteiger partial charge is 0.307 e. The van der Waals surface area contributed by atoms with Gasteiger partial charge < -0.3 is 5.11 Å². The Bertz CT molecular complexity index is 739. The summed E-state index contributed by atoms with van der Waals surface area (Å²) in [4.78, 5) is 15.6. The van der Waals surface area contributed by atoms with Crippen LogP contribution in [-0.4, -0.2) is 16.1 Å². The maximum Gasteiger partial charge on any atom is 0.307 e. The molecule has 0 spiro atoms. The number of carbonyl (C=O) groups is 1. The molecule has 0 radical (unpaired) electrons. The van der Waals surface area contributed by atoms with Crippen molar-refractivity contribution in [2.45, 2.75) is 6.42 Å². The molecule has 0 unspecified atom stereocenters. The second kappa shape index (κ2) is 5.56. The van der Waals surface area contributed by atoms with E-state index in [9.17, 15) is 4.79 Å². The molecule has 0 atom stereocenters. The molecule has 0 amide bonds. The zero-order valence-electron chi connectivity index (χ0n) is 10.4. The zero-order chi connectivity index (χ0) is 13.9. The normalized spacial score (nSPS) is 11.9. The zero-order valence-corrected chi connectivity index (χ0v) is 12.1. The number of rotatable bonds is 4. The molecule has 3 rings (SSSR count). The highest BCUT2D eigenvalue weighted by Crippen LogP contribution is 2.30. The highest BCUT2D eigenvalue weighted by Gasteiger charge is 2.12. The van der Waals surface area contributed by atoms with Crippen molar-refractivity contribution < 1.29 is 9.90 Å². The largest absolute Gasteiger partial charge is 0.481 e. The van der Waals surface area contributed by atoms with Crippen molar-refractivity contribution in [1.29, 1.82) is 0 Å². The molecule has 0 aliphatic carbocycles. The van der Waals surface area contributed by atoms with Gasteiger partial charge in [-0.05, 0) is 46.2 Å². The van der Waals surface area contributed by atoms with Crippen LogP contribution < -0.4 is 0 Å². The van der Waals surface area contributed by atoms with Crippen molar-refractivity contribution in [3.8, 4) is 0 Å². The van der Waals surface area contributed by atoms with Gasteiger partial charge >= 0.3 is 5.97 Å². The number of nitrogens with zero attached hydrogens (tertiary/aromatic N) is 1. The van der Waals surface area contributed by atoms with Crippen LogP contribution in [0.15, 0.2) is 41.1 Å². The molecule has 0 bridgehead atoms. The van der Waals surface area contributed by atoms with E-state index < -0.39 is 5.97 Å². The van der Waals surface area contributed by atoms with Gasteiger partial charge in [0.15, 0.2) is 0 Å². The van der Waals surface area contributed by atoms with E-state index in [0.717, 1.165) is 26.4 Å². The summed E-state index contributed by atoms with van der Waals surface area (Å²) in [6.07, 6.45) is 1.89. The highest BCUT2D eigenvalue weighted by molar-refractivity contribution is 7.19. The van der Waals surface area contributed by atoms with E-state index in [4.69, 9.17) is 5.11 Å². The lowest BCUT2D eigenvalue weighted by atomic mass is 10.1. The van der Waals surface area contributed by atoms with Crippen molar-refractivity contribution in [2.75, 3.05) is 0 Å². The summed E-state index contributed by atoms with van der Waals surface area (Å²) in [5, 5.41) is 13.8. The molecule has 0 aliphatic rings. The molecule has 2 heterocycles. The second-order valence-electron chi connectivity index (χ2n) is 4.28. The number of benzene rings is 1. The lowest BCUT2D eigenvalue weighted by molar-refractivity contribution is -0.135. The van der Waals surface area contributed by atoms with E-state index in [1.165, 1.54) is 11.3 Å². The lowest BCUT2D eigenvalue weighted by Gasteiger charge is -1.99. The van der Waals surface area contributed by atoms with Crippen LogP contribution in [-0.2, 0) is 4.79 Å². The molecule has 1 aromatic carbocycles. The minimum atomic E-state index is -0.842. The highest BCUT2D eigenvalue weighted by atomic mass is 32.1. The van der Waals surface area contributed by atoms with Gasteiger partial charge in [0, 0.05) is 0 Å². The van der Waals surface area contributed by atoms with Crippen LogP contribution in [0.4, 0.5) is 0 Å². The van der Waals surface area contributed by atoms with Gasteiger partial charge in [-0.25, -0.2) is 4.98 Å². The fourth-order valence-corrected chi connectivity index (χ4v) is 3.52. The van der Waals surface area contributed by atoms with Crippen molar-refractivity contribution in [3.63, 3.8) is 0 Å². The van der Waals surface area contributed by atoms with Crippen molar-refractivity contribution in [2.24, 2.45) is 0 Å². The van der Waals surface area contributed by atoms with Gasteiger partial charge in [0.25, 0.3) is 0 Å². The maximum atomic E-state index is 11.1. The van der Waals surface area contributed by atoms with Gasteiger partial charge in [-0.3, -0.25) is 4.79 Å². The van der Waals surface area contributed by atoms with Crippen molar-refractivity contribution >= 4 is 50.5 Å². The number of thiophene rings is 1. The molecule has 1 N–H and O–H groups in total. The van der Waals surface area contributed by atoms with Gasteiger partial charge in [0.05, 0.1) is 16.6 Å². The summed E-state index contributed by atoms with van der Waals surface area (Å²) >= 11 is 3.12. The van der Waals surface area contributed by atoms with Gasteiger partial charge in [0.2, 0.25) is 0 Å². The number of fused-ring (bicyclic) bond motifs is 1. The van der Waals surface area contributed by atoms with Crippen LogP contribution in [0.3, 0.4) is 0 Å². The monoisotopic (exact) mass is 301 g/mol. The van der Waals surface area contributed by atoms with E-state index in [1.807, 2.05) is 47.2 Å². The van der Waals surface area contributed by atoms with E-state index in [0.29, 0.717) is 0 Å². The van der Waals surface area contributed by atoms with Crippen LogP contribution in [0.25, 0.3) is 21.9 Å². The van der Waals surface area contributed by atoms with Crippen LogP contribution >= 0.6 is 22.7 Å². The molecule has 3 nitrogen and oxygen atoms in total. The number of aliphatic carboxylic acids is 1. The quantitative estimate of drug-likeness (QED) is 0.778. The maximum absolute atomic E-state index is 11.1. The Morgan fingerprint density at radius 3 is 2.85 bits per heavy atom. The number of hydrogen-bond donors (Lipinski definition) is 1. The SMILES string of the molecule is O=C(O)C/C(=C\c1ccsc1)c1nc2ccccc2s1. The minimum Gasteiger partial charge on any atom is -0.481 e. The average Bonchev–Trinajstić information content (AvgIpc) is 3.05. The Balaban J connectivity index is 2.06. The van der Waals surface area contributed by atoms with E-state index in [2.05, 4.69) is 4.98 Å². The van der Waals surface area contributed by atoms with Gasteiger partial charge in [-0.15, -0.1) is 11.3 Å². The molecule has 5 heteroatoms. The molecule has 0 fully saturated rings. The predicted octanol–water partition coefficient (Wildman–Crippen LogP) is 4.37. The predicted molar refractivity (Wildman–Crippen MR) is 84.1 cm³/mol. The summed E-state index contributed by atoms with van der Waals surface area (Å²) in [7, 11) is 0. The summed E-state index contributed by atoms with van der Waals surface area (Å²) in [6.45, 7) is 0. The van der Waals surface area contributed by atoms with E-state index in [1.54, 1.807) is 11.3 Å². The number of hydrogen-bond acceptors (Lipinski definition) is 4. The summed E-state index contributed by atoms with van der Waals surface area (Å²) in [6, 6.07) is 9.81.